The largest absolute Gasteiger partial charge is 0.497 e. The fourth-order valence-corrected chi connectivity index (χ4v) is 2.63. The number of benzene rings is 1. The maximum Gasteiger partial charge on any atom is 0.332 e. The zero-order valence-electron chi connectivity index (χ0n) is 14.0. The third-order valence-corrected chi connectivity index (χ3v) is 4.00. The molecule has 0 amide bonds. The molecule has 1 N–H and O–H groups in total. The van der Waals surface area contributed by atoms with Gasteiger partial charge in [-0.05, 0) is 24.6 Å². The molecule has 3 rings (SSSR count). The number of fused-ring (bicyclic) bond motifs is 1. The lowest BCUT2D eigenvalue weighted by atomic mass is 10.1. The summed E-state index contributed by atoms with van der Waals surface area (Å²) in [6, 6.07) is 7.40. The lowest BCUT2D eigenvalue weighted by molar-refractivity contribution is 0.415. The molecule has 2 heterocycles. The van der Waals surface area contributed by atoms with Gasteiger partial charge in [0.1, 0.15) is 11.1 Å². The molecule has 0 atom stereocenters. The van der Waals surface area contributed by atoms with Gasteiger partial charge in [0.05, 0.1) is 12.8 Å². The summed E-state index contributed by atoms with van der Waals surface area (Å²) in [5.74, 6) is 0.705. The summed E-state index contributed by atoms with van der Waals surface area (Å²) in [7, 11) is 4.65. The van der Waals surface area contributed by atoms with Crippen LogP contribution in [0.25, 0.3) is 11.0 Å². The first-order valence-corrected chi connectivity index (χ1v) is 7.40. The summed E-state index contributed by atoms with van der Waals surface area (Å²) in [6.45, 7) is 1.86. The van der Waals surface area contributed by atoms with E-state index < -0.39 is 5.69 Å². The second-order valence-corrected chi connectivity index (χ2v) is 5.58. The highest BCUT2D eigenvalue weighted by Gasteiger charge is 2.16. The Kier molecular flexibility index (Phi) is 3.84. The van der Waals surface area contributed by atoms with E-state index in [-0.39, 0.29) is 5.56 Å². The molecular weight excluding hydrogens is 308 g/mol. The number of rotatable bonds is 3. The van der Waals surface area contributed by atoms with E-state index in [1.165, 1.54) is 11.6 Å². The van der Waals surface area contributed by atoms with Gasteiger partial charge in [-0.1, -0.05) is 6.07 Å². The zero-order valence-corrected chi connectivity index (χ0v) is 14.0. The molecule has 0 aliphatic rings. The number of aromatic nitrogens is 3. The number of nitrogens with one attached hydrogen (secondary N) is 1. The minimum atomic E-state index is -0.406. The van der Waals surface area contributed by atoms with Gasteiger partial charge < -0.3 is 10.1 Å². The molecule has 3 aromatic rings. The van der Waals surface area contributed by atoms with Crippen LogP contribution in [0.2, 0.25) is 0 Å². The number of hydrogen-bond donors (Lipinski definition) is 1. The van der Waals surface area contributed by atoms with Crippen LogP contribution in [0, 0.1) is 6.92 Å². The predicted molar refractivity (Wildman–Crippen MR) is 93.2 cm³/mol. The lowest BCUT2D eigenvalue weighted by Crippen LogP contribution is -2.37. The minimum absolute atomic E-state index is 0.346. The number of hydrogen-bond acceptors (Lipinski definition) is 5. The Morgan fingerprint density at radius 3 is 2.62 bits per heavy atom. The van der Waals surface area contributed by atoms with Crippen molar-refractivity contribution in [1.82, 2.24) is 14.1 Å². The van der Waals surface area contributed by atoms with Gasteiger partial charge in [0, 0.05) is 32.0 Å². The second kappa shape index (κ2) is 5.84. The molecule has 0 fully saturated rings. The molecule has 0 aliphatic carbocycles. The molecule has 24 heavy (non-hydrogen) atoms. The van der Waals surface area contributed by atoms with Crippen molar-refractivity contribution in [3.05, 3.63) is 56.9 Å². The molecule has 0 radical (unpaired) electrons. The van der Waals surface area contributed by atoms with Crippen molar-refractivity contribution in [3.8, 4) is 5.75 Å². The molecule has 2 aromatic heterocycles. The fourth-order valence-electron chi connectivity index (χ4n) is 2.63. The molecule has 0 bridgehead atoms. The van der Waals surface area contributed by atoms with E-state index in [0.29, 0.717) is 22.5 Å². The van der Waals surface area contributed by atoms with E-state index in [2.05, 4.69) is 10.3 Å². The van der Waals surface area contributed by atoms with Gasteiger partial charge in [0.25, 0.3) is 5.56 Å². The van der Waals surface area contributed by atoms with Crippen LogP contribution < -0.4 is 21.3 Å². The number of nitrogens with zero attached hydrogens (tertiary/aromatic N) is 3. The Labute approximate surface area is 138 Å². The average molecular weight is 326 g/mol. The topological polar surface area (TPSA) is 78.2 Å². The molecule has 124 valence electrons. The molecule has 0 aliphatic heterocycles. The normalized spacial score (nSPS) is 10.8. The number of ether oxygens (including phenoxy) is 1. The van der Waals surface area contributed by atoms with Gasteiger partial charge in [0.15, 0.2) is 5.65 Å². The van der Waals surface area contributed by atoms with Crippen LogP contribution in [0.5, 0.6) is 5.75 Å². The highest BCUT2D eigenvalue weighted by molar-refractivity contribution is 5.92. The van der Waals surface area contributed by atoms with Crippen molar-refractivity contribution < 1.29 is 4.74 Å². The Hall–Kier alpha value is -3.09. The maximum absolute atomic E-state index is 12.6. The molecule has 0 saturated carbocycles. The monoisotopic (exact) mass is 326 g/mol. The Bertz CT molecular complexity index is 1050. The van der Waals surface area contributed by atoms with Gasteiger partial charge >= 0.3 is 5.69 Å². The second-order valence-electron chi connectivity index (χ2n) is 5.58. The molecule has 1 aromatic carbocycles. The smallest absolute Gasteiger partial charge is 0.332 e. The highest BCUT2D eigenvalue weighted by Crippen LogP contribution is 2.27. The van der Waals surface area contributed by atoms with Gasteiger partial charge in [-0.25, -0.2) is 9.78 Å². The van der Waals surface area contributed by atoms with Crippen molar-refractivity contribution in [2.24, 2.45) is 14.1 Å². The average Bonchev–Trinajstić information content (AvgIpc) is 2.60. The van der Waals surface area contributed by atoms with Crippen molar-refractivity contribution in [1.29, 1.82) is 0 Å². The Balaban J connectivity index is 2.29. The molecule has 0 spiro atoms. The first-order valence-electron chi connectivity index (χ1n) is 7.40. The third kappa shape index (κ3) is 2.44. The SMILES string of the molecule is COc1cccc(Nc2c(C)cnc3c2c(=O)n(C)c(=O)n3C)c1. The van der Waals surface area contributed by atoms with Crippen LogP contribution in [0.4, 0.5) is 11.4 Å². The number of anilines is 2. The first-order chi connectivity index (χ1) is 11.4. The molecule has 0 unspecified atom stereocenters. The van der Waals surface area contributed by atoms with Crippen LogP contribution in [-0.4, -0.2) is 21.2 Å². The van der Waals surface area contributed by atoms with E-state index in [1.54, 1.807) is 20.4 Å². The fraction of sp³-hybridized carbons (Fsp3) is 0.235. The molecule has 0 saturated heterocycles. The van der Waals surface area contributed by atoms with Crippen LogP contribution in [0.1, 0.15) is 5.56 Å². The third-order valence-electron chi connectivity index (χ3n) is 4.00. The van der Waals surface area contributed by atoms with Crippen molar-refractivity contribution in [2.75, 3.05) is 12.4 Å². The van der Waals surface area contributed by atoms with Gasteiger partial charge in [0.2, 0.25) is 0 Å². The van der Waals surface area contributed by atoms with Gasteiger partial charge in [-0.15, -0.1) is 0 Å². The number of methoxy groups -OCH3 is 1. The van der Waals surface area contributed by atoms with Crippen molar-refractivity contribution in [3.63, 3.8) is 0 Å². The maximum atomic E-state index is 12.6. The number of pyridine rings is 1. The standard InChI is InChI=1S/C17H18N4O3/c1-10-9-18-15-13(16(22)21(3)17(23)20(15)2)14(10)19-11-6-5-7-12(8-11)24-4/h5-9H,1-4H3,(H,18,19). The summed E-state index contributed by atoms with van der Waals surface area (Å²) >= 11 is 0. The van der Waals surface area contributed by atoms with Crippen molar-refractivity contribution in [2.45, 2.75) is 6.92 Å². The van der Waals surface area contributed by atoms with Crippen molar-refractivity contribution >= 4 is 22.4 Å². The number of aryl methyl sites for hydroxylation is 2. The van der Waals surface area contributed by atoms with E-state index in [9.17, 15) is 9.59 Å². The summed E-state index contributed by atoms with van der Waals surface area (Å²) in [4.78, 5) is 29.0. The van der Waals surface area contributed by atoms with Crippen LogP contribution >= 0.6 is 0 Å². The van der Waals surface area contributed by atoms with Gasteiger partial charge in [-0.3, -0.25) is 13.9 Å². The molecular formula is C17H18N4O3. The lowest BCUT2D eigenvalue weighted by Gasteiger charge is -2.15. The first kappa shape index (κ1) is 15.8. The van der Waals surface area contributed by atoms with E-state index >= 15 is 0 Å². The van der Waals surface area contributed by atoms with E-state index in [1.807, 2.05) is 31.2 Å². The Morgan fingerprint density at radius 1 is 1.17 bits per heavy atom. The Morgan fingerprint density at radius 2 is 1.92 bits per heavy atom. The van der Waals surface area contributed by atoms with E-state index in [4.69, 9.17) is 4.74 Å². The van der Waals surface area contributed by atoms with Crippen LogP contribution in [0.15, 0.2) is 40.1 Å². The summed E-state index contributed by atoms with van der Waals surface area (Å²) in [5.41, 5.74) is 1.77. The van der Waals surface area contributed by atoms with E-state index in [0.717, 1.165) is 15.8 Å². The summed E-state index contributed by atoms with van der Waals surface area (Å²) < 4.78 is 7.68. The predicted octanol–water partition coefficient (Wildman–Crippen LogP) is 1.69. The summed E-state index contributed by atoms with van der Waals surface area (Å²) in [5, 5.41) is 3.63. The van der Waals surface area contributed by atoms with Crippen LogP contribution in [0.3, 0.4) is 0 Å². The molecule has 7 nitrogen and oxygen atoms in total. The highest BCUT2D eigenvalue weighted by atomic mass is 16.5. The minimum Gasteiger partial charge on any atom is -0.497 e. The van der Waals surface area contributed by atoms with Gasteiger partial charge in [-0.2, -0.15) is 0 Å². The quantitative estimate of drug-likeness (QED) is 0.792. The molecule has 7 heteroatoms. The van der Waals surface area contributed by atoms with Crippen LogP contribution in [-0.2, 0) is 14.1 Å². The summed E-state index contributed by atoms with van der Waals surface area (Å²) in [6.07, 6.45) is 1.64. The zero-order chi connectivity index (χ0) is 17.4.